The van der Waals surface area contributed by atoms with E-state index >= 15 is 0 Å². The molecule has 0 atom stereocenters. The summed E-state index contributed by atoms with van der Waals surface area (Å²) in [5, 5.41) is 13.5. The van der Waals surface area contributed by atoms with Crippen molar-refractivity contribution in [3.8, 4) is 0 Å². The molecule has 24 heavy (non-hydrogen) atoms. The van der Waals surface area contributed by atoms with Gasteiger partial charge in [-0.15, -0.1) is 26.2 Å². The number of hydrogen-bond acceptors (Lipinski definition) is 2. The summed E-state index contributed by atoms with van der Waals surface area (Å²) in [6.45, 7) is 3.99. The van der Waals surface area contributed by atoms with Crippen molar-refractivity contribution in [1.82, 2.24) is 9.97 Å². The normalized spacial score (nSPS) is 15.4. The monoisotopic (exact) mass is 411 g/mol. The molecule has 0 saturated carbocycles. The van der Waals surface area contributed by atoms with Gasteiger partial charge in [-0.3, -0.25) is 9.97 Å². The third kappa shape index (κ3) is 7.45. The van der Waals surface area contributed by atoms with Crippen LogP contribution in [0.2, 0.25) is 0 Å². The molecule has 0 saturated heterocycles. The summed E-state index contributed by atoms with van der Waals surface area (Å²) in [4.78, 5) is 9.15. The fourth-order valence-electron chi connectivity index (χ4n) is 2.22. The van der Waals surface area contributed by atoms with Gasteiger partial charge in [0.2, 0.25) is 0 Å². The van der Waals surface area contributed by atoms with Gasteiger partial charge in [0.05, 0.1) is 0 Å². The second-order valence-electron chi connectivity index (χ2n) is 5.05. The minimum absolute atomic E-state index is 0. The summed E-state index contributed by atoms with van der Waals surface area (Å²) >= 11 is 0.00694. The van der Waals surface area contributed by atoms with Gasteiger partial charge in [0.25, 0.3) is 0 Å². The maximum absolute atomic E-state index is 4.80. The van der Waals surface area contributed by atoms with Crippen molar-refractivity contribution in [2.45, 2.75) is 26.2 Å². The molecule has 0 fully saturated rings. The number of pyridine rings is 2. The molecule has 0 radical (unpaired) electrons. The van der Waals surface area contributed by atoms with Gasteiger partial charge in [-0.1, -0.05) is 12.1 Å². The van der Waals surface area contributed by atoms with Crippen LogP contribution in [-0.2, 0) is 39.3 Å². The third-order valence-corrected chi connectivity index (χ3v) is 3.24. The minimum atomic E-state index is 0. The molecule has 3 rings (SSSR count). The standard InChI is InChI=1S/C16H18N5.2ClH.Mn.3H2/c1-3-13-9-17-7-8-18-10-14-4-2-6-16(21-14)12-19-11-15(5-1)20-13;;;;;;/h1-6H,7-12H2;2*1H;;3*1H/q-3;;;+2;;;/p-2. The Morgan fingerprint density at radius 2 is 1.04 bits per heavy atom. The van der Waals surface area contributed by atoms with Crippen LogP contribution in [-0.4, -0.2) is 23.1 Å². The molecule has 0 unspecified atom stereocenters. The second kappa shape index (κ2) is 11.8. The zero-order valence-electron chi connectivity index (χ0n) is 13.1. The van der Waals surface area contributed by atoms with E-state index in [2.05, 4.69) is 25.9 Å². The Morgan fingerprint density at radius 1 is 0.708 bits per heavy atom. The molecule has 4 bridgehead atoms. The number of rotatable bonds is 0. The molecule has 0 spiro atoms. The van der Waals surface area contributed by atoms with Crippen LogP contribution in [0.15, 0.2) is 36.4 Å². The Balaban J connectivity index is 0. The third-order valence-electron chi connectivity index (χ3n) is 3.24. The van der Waals surface area contributed by atoms with Crippen molar-refractivity contribution < 1.29 is 17.4 Å². The van der Waals surface area contributed by atoms with E-state index < -0.39 is 0 Å². The summed E-state index contributed by atoms with van der Waals surface area (Å²) in [7, 11) is 9.59. The molecule has 8 heteroatoms. The van der Waals surface area contributed by atoms with E-state index in [0.717, 1.165) is 35.9 Å². The van der Waals surface area contributed by atoms with Gasteiger partial charge in [0.15, 0.2) is 0 Å². The zero-order valence-corrected chi connectivity index (χ0v) is 15.8. The predicted octanol–water partition coefficient (Wildman–Crippen LogP) is 5.43. The first kappa shape index (κ1) is 19.6. The fraction of sp³-hybridized carbons (Fsp3) is 0.375. The van der Waals surface area contributed by atoms with Crippen molar-refractivity contribution in [3.63, 3.8) is 0 Å². The molecule has 0 amide bonds. The van der Waals surface area contributed by atoms with Gasteiger partial charge in [0.1, 0.15) is 0 Å². The maximum Gasteiger partial charge on any atom is 0.0201 e. The Hall–Kier alpha value is -0.721. The van der Waals surface area contributed by atoms with E-state index in [-0.39, 0.29) is 17.4 Å². The van der Waals surface area contributed by atoms with Gasteiger partial charge < -0.3 is 16.0 Å². The Morgan fingerprint density at radius 3 is 1.42 bits per heavy atom. The first-order valence-electron chi connectivity index (χ1n) is 7.48. The summed E-state index contributed by atoms with van der Waals surface area (Å²) in [6.07, 6.45) is 0. The molecule has 137 valence electrons. The van der Waals surface area contributed by atoms with E-state index in [0.29, 0.717) is 26.2 Å². The summed E-state index contributed by atoms with van der Waals surface area (Å²) in [6, 6.07) is 12.1. The number of fused-ring (bicyclic) bond motifs is 4. The smallest absolute Gasteiger partial charge is 0.0201 e. The SMILES string of the molecule is [Cl][Mn][Cl].[HH].[HH].[HH].c1cc2nc(c1)C[N-]Cc1cccc(n1)C[N-]CC[N-]C2. The Kier molecular flexibility index (Phi) is 9.61. The molecule has 3 heterocycles. The Bertz CT molecular complexity index is 577. The predicted molar refractivity (Wildman–Crippen MR) is 101 cm³/mol. The molecule has 0 aromatic carbocycles. The summed E-state index contributed by atoms with van der Waals surface area (Å²) < 4.78 is 0. The molecular weight excluding hydrogens is 388 g/mol. The van der Waals surface area contributed by atoms with Crippen LogP contribution >= 0.6 is 20.2 Å². The number of halogens is 2. The summed E-state index contributed by atoms with van der Waals surface area (Å²) in [5.41, 5.74) is 3.96. The first-order valence-corrected chi connectivity index (χ1v) is 10.7. The molecular formula is C16H24Cl2MnN5-3. The van der Waals surface area contributed by atoms with Crippen molar-refractivity contribution in [1.29, 1.82) is 0 Å². The van der Waals surface area contributed by atoms with Gasteiger partial charge >= 0.3 is 33.3 Å². The van der Waals surface area contributed by atoms with Crippen LogP contribution in [0, 0.1) is 0 Å². The number of nitrogens with zero attached hydrogens (tertiary/aromatic N) is 5. The second-order valence-corrected chi connectivity index (χ2v) is 6.99. The van der Waals surface area contributed by atoms with E-state index in [1.807, 2.05) is 36.4 Å². The van der Waals surface area contributed by atoms with E-state index in [4.69, 9.17) is 20.2 Å². The Labute approximate surface area is 162 Å². The van der Waals surface area contributed by atoms with Gasteiger partial charge in [-0.2, -0.15) is 13.1 Å². The van der Waals surface area contributed by atoms with Crippen molar-refractivity contribution in [2.75, 3.05) is 13.1 Å². The van der Waals surface area contributed by atoms with Crippen LogP contribution in [0.1, 0.15) is 27.1 Å². The average molecular weight is 412 g/mol. The first-order chi connectivity index (χ1) is 11.8. The molecule has 0 aliphatic carbocycles. The van der Waals surface area contributed by atoms with Crippen LogP contribution in [0.5, 0.6) is 0 Å². The average Bonchev–Trinajstić information content (AvgIpc) is 2.59. The van der Waals surface area contributed by atoms with Crippen molar-refractivity contribution >= 4 is 20.2 Å². The number of hydrogen-bond donors (Lipinski definition) is 0. The maximum atomic E-state index is 4.80. The number of aromatic nitrogens is 2. The van der Waals surface area contributed by atoms with Gasteiger partial charge in [-0.25, -0.2) is 0 Å². The van der Waals surface area contributed by atoms with Crippen LogP contribution in [0.4, 0.5) is 0 Å². The molecule has 5 nitrogen and oxygen atoms in total. The van der Waals surface area contributed by atoms with Crippen LogP contribution < -0.4 is 0 Å². The van der Waals surface area contributed by atoms with Gasteiger partial charge in [0, 0.05) is 27.1 Å². The molecule has 2 aromatic rings. The van der Waals surface area contributed by atoms with Crippen LogP contribution in [0.3, 0.4) is 0 Å². The molecule has 1 aliphatic heterocycles. The molecule has 2 aromatic heterocycles. The van der Waals surface area contributed by atoms with Gasteiger partial charge in [-0.05, 0) is 24.3 Å². The van der Waals surface area contributed by atoms with Crippen molar-refractivity contribution in [2.24, 2.45) is 0 Å². The molecule has 1 aliphatic rings. The quantitative estimate of drug-likeness (QED) is 0.542. The minimum Gasteiger partial charge on any atom is -0.659 e. The fourth-order valence-corrected chi connectivity index (χ4v) is 2.22. The van der Waals surface area contributed by atoms with E-state index in [1.165, 1.54) is 0 Å². The topological polar surface area (TPSA) is 68.1 Å². The van der Waals surface area contributed by atoms with Crippen molar-refractivity contribution in [3.05, 3.63) is 75.1 Å². The summed E-state index contributed by atoms with van der Waals surface area (Å²) in [5.74, 6) is 0. The molecule has 0 N–H and O–H groups in total. The van der Waals surface area contributed by atoms with E-state index in [9.17, 15) is 0 Å². The largest absolute Gasteiger partial charge is 0.659 e. The zero-order chi connectivity index (χ0) is 17.0. The van der Waals surface area contributed by atoms with E-state index in [1.54, 1.807) is 0 Å². The van der Waals surface area contributed by atoms with Crippen LogP contribution in [0.25, 0.3) is 16.0 Å².